The van der Waals surface area contributed by atoms with Crippen LogP contribution in [-0.2, 0) is 11.2 Å². The maximum Gasteiger partial charge on any atom is 0.224 e. The maximum absolute atomic E-state index is 12.0. The monoisotopic (exact) mass is 423 g/mol. The largest absolute Gasteiger partial charge is 0.494 e. The summed E-state index contributed by atoms with van der Waals surface area (Å²) in [7, 11) is 0. The Hall–Kier alpha value is -1.56. The van der Waals surface area contributed by atoms with E-state index in [-0.39, 0.29) is 5.91 Å². The molecule has 0 atom stereocenters. The summed E-state index contributed by atoms with van der Waals surface area (Å²) in [6.45, 7) is 4.68. The normalized spacial score (nSPS) is 10.4. The molecule has 1 amide bonds. The van der Waals surface area contributed by atoms with Gasteiger partial charge in [-0.2, -0.15) is 0 Å². The van der Waals surface area contributed by atoms with Gasteiger partial charge in [0.15, 0.2) is 0 Å². The van der Waals surface area contributed by atoms with Gasteiger partial charge in [-0.3, -0.25) is 4.79 Å². The lowest BCUT2D eigenvalue weighted by Crippen LogP contribution is -2.13. The van der Waals surface area contributed by atoms with Crippen molar-refractivity contribution in [3.63, 3.8) is 0 Å². The van der Waals surface area contributed by atoms with Gasteiger partial charge >= 0.3 is 0 Å². The van der Waals surface area contributed by atoms with Gasteiger partial charge in [0.05, 0.1) is 6.61 Å². The van der Waals surface area contributed by atoms with Crippen molar-refractivity contribution in [3.8, 4) is 5.75 Å². The van der Waals surface area contributed by atoms with Gasteiger partial charge in [0.2, 0.25) is 5.91 Å². The first kappa shape index (κ1) is 17.8. The SMILES string of the molecule is CCc1ccc(OCCCC(=O)Nc2ccc(I)cc2C)cc1. The molecule has 2 rings (SSSR count). The van der Waals surface area contributed by atoms with Crippen molar-refractivity contribution in [3.05, 3.63) is 57.2 Å². The molecule has 0 radical (unpaired) electrons. The van der Waals surface area contributed by atoms with Gasteiger partial charge in [-0.1, -0.05) is 19.1 Å². The summed E-state index contributed by atoms with van der Waals surface area (Å²) in [5.41, 5.74) is 3.26. The van der Waals surface area contributed by atoms with Crippen LogP contribution in [-0.4, -0.2) is 12.5 Å². The Kier molecular flexibility index (Phi) is 6.89. The van der Waals surface area contributed by atoms with Gasteiger partial charge in [0.1, 0.15) is 5.75 Å². The average Bonchev–Trinajstić information content (AvgIpc) is 2.55. The molecule has 0 bridgehead atoms. The average molecular weight is 423 g/mol. The number of benzene rings is 2. The van der Waals surface area contributed by atoms with E-state index in [0.717, 1.165) is 23.4 Å². The van der Waals surface area contributed by atoms with Crippen molar-refractivity contribution in [2.45, 2.75) is 33.1 Å². The molecule has 0 unspecified atom stereocenters. The molecule has 0 aliphatic carbocycles. The molecule has 122 valence electrons. The number of carbonyl (C=O) groups is 1. The van der Waals surface area contributed by atoms with Crippen LogP contribution in [0.3, 0.4) is 0 Å². The van der Waals surface area contributed by atoms with Crippen molar-refractivity contribution in [2.24, 2.45) is 0 Å². The van der Waals surface area contributed by atoms with Gasteiger partial charge in [-0.25, -0.2) is 0 Å². The number of carbonyl (C=O) groups excluding carboxylic acids is 1. The van der Waals surface area contributed by atoms with Gasteiger partial charge in [-0.05, 0) is 83.8 Å². The number of rotatable bonds is 7. The van der Waals surface area contributed by atoms with Crippen molar-refractivity contribution < 1.29 is 9.53 Å². The number of hydrogen-bond donors (Lipinski definition) is 1. The van der Waals surface area contributed by atoms with Crippen LogP contribution in [0.15, 0.2) is 42.5 Å². The van der Waals surface area contributed by atoms with Crippen molar-refractivity contribution in [1.82, 2.24) is 0 Å². The highest BCUT2D eigenvalue weighted by Gasteiger charge is 2.05. The summed E-state index contributed by atoms with van der Waals surface area (Å²) in [5.74, 6) is 0.885. The number of halogens is 1. The minimum atomic E-state index is 0.0271. The molecule has 0 spiro atoms. The van der Waals surface area contributed by atoms with Gasteiger partial charge in [0, 0.05) is 15.7 Å². The quantitative estimate of drug-likeness (QED) is 0.505. The Bertz CT molecular complexity index is 653. The third kappa shape index (κ3) is 5.86. The third-order valence-corrected chi connectivity index (χ3v) is 4.28. The summed E-state index contributed by atoms with van der Waals surface area (Å²) in [5, 5.41) is 2.95. The first-order valence-corrected chi connectivity index (χ1v) is 8.94. The van der Waals surface area contributed by atoms with Crippen LogP contribution < -0.4 is 10.1 Å². The fraction of sp³-hybridized carbons (Fsp3) is 0.316. The van der Waals surface area contributed by atoms with E-state index in [1.165, 1.54) is 9.13 Å². The molecule has 0 saturated heterocycles. The van der Waals surface area contributed by atoms with Gasteiger partial charge < -0.3 is 10.1 Å². The molecule has 3 nitrogen and oxygen atoms in total. The lowest BCUT2D eigenvalue weighted by molar-refractivity contribution is -0.116. The molecule has 1 N–H and O–H groups in total. The Morgan fingerprint density at radius 3 is 2.57 bits per heavy atom. The van der Waals surface area contributed by atoms with Gasteiger partial charge in [-0.15, -0.1) is 0 Å². The lowest BCUT2D eigenvalue weighted by Gasteiger charge is -2.09. The molecule has 0 fully saturated rings. The molecule has 0 heterocycles. The first-order chi connectivity index (χ1) is 11.1. The van der Waals surface area contributed by atoms with E-state index in [4.69, 9.17) is 4.74 Å². The molecular formula is C19H22INO2. The van der Waals surface area contributed by atoms with Crippen LogP contribution in [0.25, 0.3) is 0 Å². The Balaban J connectivity index is 1.72. The highest BCUT2D eigenvalue weighted by Crippen LogP contribution is 2.18. The standard InChI is InChI=1S/C19H22INO2/c1-3-15-6-9-17(10-7-15)23-12-4-5-19(22)21-18-11-8-16(20)13-14(18)2/h6-11,13H,3-5,12H2,1-2H3,(H,21,22). The van der Waals surface area contributed by atoms with E-state index in [9.17, 15) is 4.79 Å². The Morgan fingerprint density at radius 1 is 1.17 bits per heavy atom. The summed E-state index contributed by atoms with van der Waals surface area (Å²) in [6.07, 6.45) is 2.18. The van der Waals surface area contributed by atoms with Crippen molar-refractivity contribution >= 4 is 34.2 Å². The van der Waals surface area contributed by atoms with E-state index in [2.05, 4.69) is 53.0 Å². The Morgan fingerprint density at radius 2 is 1.91 bits per heavy atom. The highest BCUT2D eigenvalue weighted by molar-refractivity contribution is 14.1. The summed E-state index contributed by atoms with van der Waals surface area (Å²) in [6, 6.07) is 14.1. The second kappa shape index (κ2) is 8.91. The van der Waals surface area contributed by atoms with Crippen LogP contribution in [0, 0.1) is 10.5 Å². The van der Waals surface area contributed by atoms with Crippen LogP contribution in [0.1, 0.15) is 30.9 Å². The highest BCUT2D eigenvalue weighted by atomic mass is 127. The molecule has 0 aliphatic rings. The summed E-state index contributed by atoms with van der Waals surface area (Å²) in [4.78, 5) is 12.0. The molecule has 23 heavy (non-hydrogen) atoms. The Labute approximate surface area is 151 Å². The zero-order valence-corrected chi connectivity index (χ0v) is 15.7. The maximum atomic E-state index is 12.0. The predicted octanol–water partition coefficient (Wildman–Crippen LogP) is 4.96. The van der Waals surface area contributed by atoms with Crippen LogP contribution >= 0.6 is 22.6 Å². The number of hydrogen-bond acceptors (Lipinski definition) is 2. The molecule has 0 aromatic heterocycles. The zero-order valence-electron chi connectivity index (χ0n) is 13.6. The van der Waals surface area contributed by atoms with E-state index < -0.39 is 0 Å². The third-order valence-electron chi connectivity index (χ3n) is 3.61. The molecule has 0 aliphatic heterocycles. The number of anilines is 1. The second-order valence-electron chi connectivity index (χ2n) is 5.46. The topological polar surface area (TPSA) is 38.3 Å². The van der Waals surface area contributed by atoms with E-state index in [1.807, 2.05) is 31.2 Å². The fourth-order valence-corrected chi connectivity index (χ4v) is 2.87. The van der Waals surface area contributed by atoms with Crippen LogP contribution in [0.4, 0.5) is 5.69 Å². The lowest BCUT2D eigenvalue weighted by atomic mass is 10.2. The van der Waals surface area contributed by atoms with Crippen LogP contribution in [0.5, 0.6) is 5.75 Å². The van der Waals surface area contributed by atoms with Crippen molar-refractivity contribution in [2.75, 3.05) is 11.9 Å². The molecule has 0 saturated carbocycles. The number of aryl methyl sites for hydroxylation is 2. The minimum Gasteiger partial charge on any atom is -0.494 e. The van der Waals surface area contributed by atoms with E-state index in [0.29, 0.717) is 19.4 Å². The second-order valence-corrected chi connectivity index (χ2v) is 6.70. The van der Waals surface area contributed by atoms with E-state index in [1.54, 1.807) is 0 Å². The molecule has 2 aromatic rings. The number of ether oxygens (including phenoxy) is 1. The zero-order chi connectivity index (χ0) is 16.7. The smallest absolute Gasteiger partial charge is 0.224 e. The fourth-order valence-electron chi connectivity index (χ4n) is 2.22. The minimum absolute atomic E-state index is 0.0271. The number of nitrogens with one attached hydrogen (secondary N) is 1. The number of amides is 1. The van der Waals surface area contributed by atoms with Gasteiger partial charge in [0.25, 0.3) is 0 Å². The van der Waals surface area contributed by atoms with Crippen molar-refractivity contribution in [1.29, 1.82) is 0 Å². The molecule has 4 heteroatoms. The van der Waals surface area contributed by atoms with Crippen LogP contribution in [0.2, 0.25) is 0 Å². The summed E-state index contributed by atoms with van der Waals surface area (Å²) < 4.78 is 6.83. The molecular weight excluding hydrogens is 401 g/mol. The summed E-state index contributed by atoms with van der Waals surface area (Å²) >= 11 is 2.26. The predicted molar refractivity (Wildman–Crippen MR) is 103 cm³/mol. The first-order valence-electron chi connectivity index (χ1n) is 7.86. The molecule has 2 aromatic carbocycles. The van der Waals surface area contributed by atoms with E-state index >= 15 is 0 Å².